The predicted octanol–water partition coefficient (Wildman–Crippen LogP) is 4.62. The smallest absolute Gasteiger partial charge is 0.245 e. The van der Waals surface area contributed by atoms with Gasteiger partial charge >= 0.3 is 0 Å². The van der Waals surface area contributed by atoms with E-state index in [1.54, 1.807) is 0 Å². The zero-order valence-corrected chi connectivity index (χ0v) is 33.1. The van der Waals surface area contributed by atoms with Gasteiger partial charge in [-0.25, -0.2) is 0 Å². The fourth-order valence-electron chi connectivity index (χ4n) is 8.52. The Balaban J connectivity index is 1.16. The Bertz CT molecular complexity index is 1100. The minimum atomic E-state index is -0.370. The van der Waals surface area contributed by atoms with Crippen LogP contribution in [0.2, 0.25) is 0 Å². The molecule has 4 rings (SSSR count). The van der Waals surface area contributed by atoms with Crippen molar-refractivity contribution in [3.05, 3.63) is 0 Å². The zero-order valence-electron chi connectivity index (χ0n) is 32.3. The summed E-state index contributed by atoms with van der Waals surface area (Å²) in [5.41, 5.74) is 0. The van der Waals surface area contributed by atoms with Gasteiger partial charge in [-0.3, -0.25) is 24.1 Å². The van der Waals surface area contributed by atoms with Crippen molar-refractivity contribution in [3.63, 3.8) is 0 Å². The molecule has 50 heavy (non-hydrogen) atoms. The molecule has 4 aliphatic heterocycles. The largest absolute Gasteiger partial charge is 0.356 e. The molecule has 5 atom stereocenters. The summed E-state index contributed by atoms with van der Waals surface area (Å²) in [5.74, 6) is 3.53. The third-order valence-electron chi connectivity index (χ3n) is 11.4. The summed E-state index contributed by atoms with van der Waals surface area (Å²) >= 11 is 1.98. The first-order valence-electron chi connectivity index (χ1n) is 20.1. The summed E-state index contributed by atoms with van der Waals surface area (Å²) in [6, 6.07) is -0.187. The highest BCUT2D eigenvalue weighted by Crippen LogP contribution is 2.40. The molecule has 0 bridgehead atoms. The van der Waals surface area contributed by atoms with Crippen molar-refractivity contribution < 1.29 is 19.2 Å². The number of hydrogen-bond donors (Lipinski definition) is 2. The normalized spacial score (nSPS) is 25.5. The molecule has 0 saturated carbocycles. The van der Waals surface area contributed by atoms with Crippen molar-refractivity contribution in [2.75, 3.05) is 65.7 Å². The highest BCUT2D eigenvalue weighted by molar-refractivity contribution is 8.00. The molecule has 4 aliphatic rings. The third-order valence-corrected chi connectivity index (χ3v) is 13.0. The number of nitrogens with zero attached hydrogens (tertiary/aromatic N) is 4. The average molecular weight is 719 g/mol. The molecule has 0 aromatic rings. The van der Waals surface area contributed by atoms with Gasteiger partial charge in [0.1, 0.15) is 6.04 Å². The topological polar surface area (TPSA) is 105 Å². The molecule has 4 heterocycles. The fraction of sp³-hybridized carbons (Fsp3) is 0.897. The highest BCUT2D eigenvalue weighted by atomic mass is 32.2. The summed E-state index contributed by atoms with van der Waals surface area (Å²) in [5, 5.41) is 6.75. The molecule has 11 heteroatoms. The Kier molecular flexibility index (Phi) is 16.7. The number of amides is 4. The number of nitrogens with one attached hydrogen (secondary N) is 2. The molecule has 0 radical (unpaired) electrons. The van der Waals surface area contributed by atoms with Crippen LogP contribution in [-0.4, -0.2) is 132 Å². The molecule has 0 aromatic heterocycles. The van der Waals surface area contributed by atoms with Crippen molar-refractivity contribution in [2.24, 2.45) is 23.7 Å². The van der Waals surface area contributed by atoms with E-state index in [0.29, 0.717) is 67.3 Å². The van der Waals surface area contributed by atoms with E-state index in [1.165, 1.54) is 6.42 Å². The second-order valence-electron chi connectivity index (χ2n) is 16.8. The van der Waals surface area contributed by atoms with Crippen LogP contribution in [0.4, 0.5) is 0 Å². The van der Waals surface area contributed by atoms with Gasteiger partial charge in [-0.15, -0.1) is 0 Å². The first kappa shape index (κ1) is 40.9. The number of hydrogen-bond acceptors (Lipinski definition) is 7. The number of piperazine rings is 1. The van der Waals surface area contributed by atoms with E-state index in [2.05, 4.69) is 67.1 Å². The summed E-state index contributed by atoms with van der Waals surface area (Å²) in [6.07, 6.45) is 12.0. The maximum Gasteiger partial charge on any atom is 0.245 e. The Morgan fingerprint density at radius 2 is 1.70 bits per heavy atom. The maximum atomic E-state index is 14.2. The molecule has 286 valence electrons. The lowest BCUT2D eigenvalue weighted by Crippen LogP contribution is -2.63. The van der Waals surface area contributed by atoms with Crippen LogP contribution in [0.5, 0.6) is 0 Å². The van der Waals surface area contributed by atoms with Crippen molar-refractivity contribution >= 4 is 35.4 Å². The first-order valence-corrected chi connectivity index (χ1v) is 21.1. The number of carbonyl (C=O) groups excluding carboxylic acids is 4. The van der Waals surface area contributed by atoms with Crippen molar-refractivity contribution in [1.82, 2.24) is 30.2 Å². The van der Waals surface area contributed by atoms with Gasteiger partial charge in [-0.2, -0.15) is 11.8 Å². The summed E-state index contributed by atoms with van der Waals surface area (Å²) in [7, 11) is 4.24. The van der Waals surface area contributed by atoms with Gasteiger partial charge in [-0.1, -0.05) is 40.5 Å². The van der Waals surface area contributed by atoms with Gasteiger partial charge in [0.15, 0.2) is 0 Å². The van der Waals surface area contributed by atoms with Gasteiger partial charge in [0, 0.05) is 68.5 Å². The standard InChI is InChI=1S/C39H70N6O4S/c1-28(2)24-33-39(49)45(34(25-29(3)4)38(48)44-20-15-30(16-21-44)14-19-42(5)6)23-22-43(33)18-11-7-10-17-40-36(46)13-9-8-12-35-31-26-37(47)41-32(31)27-50-35/h28-35H,7-27H2,1-6H3,(H,40,46)(H,41,47)/t31?,32?,33-,34-,35-/m0/s1. The molecule has 2 N–H and O–H groups in total. The SMILES string of the molecule is CC(C)C[C@H]1C(=O)N([C@@H](CC(C)C)C(=O)N2CCC(CCN(C)C)CC2)CCN1CCCCCNC(=O)CCCC[C@@H]1SCC2NC(=O)CC21. The lowest BCUT2D eigenvalue weighted by Gasteiger charge is -2.45. The van der Waals surface area contributed by atoms with Gasteiger partial charge in [-0.05, 0) is 103 Å². The molecular formula is C39H70N6O4S. The number of likely N-dealkylation sites (tertiary alicyclic amines) is 1. The average Bonchev–Trinajstić information content (AvgIpc) is 3.62. The van der Waals surface area contributed by atoms with Crippen LogP contribution < -0.4 is 10.6 Å². The first-order chi connectivity index (χ1) is 23.9. The lowest BCUT2D eigenvalue weighted by atomic mass is 9.91. The van der Waals surface area contributed by atoms with Crippen molar-refractivity contribution in [3.8, 4) is 0 Å². The van der Waals surface area contributed by atoms with E-state index in [-0.39, 0.29) is 35.7 Å². The Morgan fingerprint density at radius 1 is 0.940 bits per heavy atom. The Morgan fingerprint density at radius 3 is 2.40 bits per heavy atom. The molecule has 0 spiro atoms. The third kappa shape index (κ3) is 12.4. The van der Waals surface area contributed by atoms with Gasteiger partial charge in [0.2, 0.25) is 23.6 Å². The van der Waals surface area contributed by atoms with Crippen LogP contribution in [0.25, 0.3) is 0 Å². The molecule has 4 saturated heterocycles. The molecule has 2 unspecified atom stereocenters. The van der Waals surface area contributed by atoms with Crippen molar-refractivity contribution in [1.29, 1.82) is 0 Å². The van der Waals surface area contributed by atoms with Crippen molar-refractivity contribution in [2.45, 2.75) is 135 Å². The summed E-state index contributed by atoms with van der Waals surface area (Å²) in [4.78, 5) is 61.0. The minimum Gasteiger partial charge on any atom is -0.356 e. The van der Waals surface area contributed by atoms with E-state index in [4.69, 9.17) is 0 Å². The fourth-order valence-corrected chi connectivity index (χ4v) is 10.2. The number of piperidine rings is 1. The monoisotopic (exact) mass is 719 g/mol. The summed E-state index contributed by atoms with van der Waals surface area (Å²) < 4.78 is 0. The second kappa shape index (κ2) is 20.4. The van der Waals surface area contributed by atoms with E-state index >= 15 is 0 Å². The summed E-state index contributed by atoms with van der Waals surface area (Å²) in [6.45, 7) is 14.4. The predicted molar refractivity (Wildman–Crippen MR) is 204 cm³/mol. The lowest BCUT2D eigenvalue weighted by molar-refractivity contribution is -0.155. The number of unbranched alkanes of at least 4 members (excludes halogenated alkanes) is 3. The Hall–Kier alpha value is -1.85. The molecule has 0 aromatic carbocycles. The van der Waals surface area contributed by atoms with Gasteiger partial charge in [0.05, 0.1) is 6.04 Å². The quantitative estimate of drug-likeness (QED) is 0.177. The van der Waals surface area contributed by atoms with E-state index in [0.717, 1.165) is 96.3 Å². The van der Waals surface area contributed by atoms with Gasteiger partial charge in [0.25, 0.3) is 0 Å². The number of fused-ring (bicyclic) bond motifs is 1. The van der Waals surface area contributed by atoms with E-state index < -0.39 is 0 Å². The molecular weight excluding hydrogens is 649 g/mol. The van der Waals surface area contributed by atoms with Crippen LogP contribution in [0, 0.1) is 23.7 Å². The minimum absolute atomic E-state index is 0.136. The van der Waals surface area contributed by atoms with Crippen LogP contribution in [0.3, 0.4) is 0 Å². The maximum absolute atomic E-state index is 14.2. The molecule has 0 aliphatic carbocycles. The number of rotatable bonds is 20. The van der Waals surface area contributed by atoms with Gasteiger partial charge < -0.3 is 25.3 Å². The molecule has 4 amide bonds. The molecule has 10 nitrogen and oxygen atoms in total. The van der Waals surface area contributed by atoms with Crippen LogP contribution in [-0.2, 0) is 19.2 Å². The number of carbonyl (C=O) groups is 4. The van der Waals surface area contributed by atoms with Crippen LogP contribution >= 0.6 is 11.8 Å². The second-order valence-corrected chi connectivity index (χ2v) is 18.1. The Labute approximate surface area is 307 Å². The molecule has 4 fully saturated rings. The number of thioether (sulfide) groups is 1. The van der Waals surface area contributed by atoms with Crippen LogP contribution in [0.1, 0.15) is 111 Å². The van der Waals surface area contributed by atoms with E-state index in [9.17, 15) is 19.2 Å². The zero-order chi connectivity index (χ0) is 36.2. The van der Waals surface area contributed by atoms with E-state index in [1.807, 2.05) is 16.7 Å². The van der Waals surface area contributed by atoms with Crippen LogP contribution in [0.15, 0.2) is 0 Å². The highest BCUT2D eigenvalue weighted by Gasteiger charge is 2.43.